The molecule has 3 saturated heterocycles. The fraction of sp³-hybridized carbons (Fsp3) is 0.900. The lowest BCUT2D eigenvalue weighted by molar-refractivity contribution is -0.142. The number of likely N-dealkylation sites (N-methyl/N-ethyl adjacent to an activating group) is 1. The normalized spacial score (nSPS) is 27.9. The quantitative estimate of drug-likeness (QED) is 0.574. The summed E-state index contributed by atoms with van der Waals surface area (Å²) in [4.78, 5) is 24.3. The number of hydrogen-bond donors (Lipinski definition) is 1. The highest BCUT2D eigenvalue weighted by Gasteiger charge is 2.31. The van der Waals surface area contributed by atoms with E-state index in [0.717, 1.165) is 71.2 Å². The Morgan fingerprint density at radius 2 is 1.81 bits per heavy atom. The van der Waals surface area contributed by atoms with Crippen molar-refractivity contribution in [2.75, 3.05) is 59.0 Å². The summed E-state index contributed by atoms with van der Waals surface area (Å²) in [6.45, 7) is 12.3. The van der Waals surface area contributed by atoms with Crippen LogP contribution in [0.5, 0.6) is 0 Å². The number of piperidine rings is 1. The summed E-state index contributed by atoms with van der Waals surface area (Å²) in [5, 5.41) is 3.45. The Hall–Kier alpha value is -1.34. The second-order valence-corrected chi connectivity index (χ2v) is 7.79. The van der Waals surface area contributed by atoms with Gasteiger partial charge in [0.25, 0.3) is 5.91 Å². The van der Waals surface area contributed by atoms with Gasteiger partial charge in [-0.15, -0.1) is 0 Å². The van der Waals surface area contributed by atoms with Crippen LogP contribution in [-0.2, 0) is 9.53 Å². The van der Waals surface area contributed by atoms with Crippen LogP contribution in [0, 0.1) is 0 Å². The van der Waals surface area contributed by atoms with Gasteiger partial charge in [-0.1, -0.05) is 13.3 Å². The Labute approximate surface area is 164 Å². The van der Waals surface area contributed by atoms with Gasteiger partial charge in [0.15, 0.2) is 5.96 Å². The molecule has 2 unspecified atom stereocenters. The second-order valence-electron chi connectivity index (χ2n) is 7.79. The van der Waals surface area contributed by atoms with Gasteiger partial charge in [0.05, 0.1) is 6.54 Å². The van der Waals surface area contributed by atoms with Gasteiger partial charge >= 0.3 is 0 Å². The van der Waals surface area contributed by atoms with Crippen LogP contribution in [0.2, 0.25) is 0 Å². The van der Waals surface area contributed by atoms with E-state index in [4.69, 9.17) is 9.73 Å². The third-order valence-electron chi connectivity index (χ3n) is 6.04. The number of aliphatic imine (C=N–C) groups is 1. The van der Waals surface area contributed by atoms with Gasteiger partial charge in [-0.25, -0.2) is 0 Å². The lowest BCUT2D eigenvalue weighted by atomic mass is 10.0. The van der Waals surface area contributed by atoms with Crippen LogP contribution < -0.4 is 5.32 Å². The minimum absolute atomic E-state index is 0.176. The van der Waals surface area contributed by atoms with Gasteiger partial charge in [0, 0.05) is 45.4 Å². The fourth-order valence-electron chi connectivity index (χ4n) is 4.42. The van der Waals surface area contributed by atoms with Crippen molar-refractivity contribution in [1.82, 2.24) is 20.0 Å². The molecule has 0 aliphatic carbocycles. The van der Waals surface area contributed by atoms with E-state index < -0.39 is 0 Å². The predicted octanol–water partition coefficient (Wildman–Crippen LogP) is 1.15. The number of likely N-dealkylation sites (tertiary alicyclic amines) is 1. The van der Waals surface area contributed by atoms with Crippen molar-refractivity contribution in [3.05, 3.63) is 0 Å². The largest absolute Gasteiger partial charge is 0.368 e. The van der Waals surface area contributed by atoms with Gasteiger partial charge in [0.2, 0.25) is 0 Å². The molecular formula is C20H37N5O2. The van der Waals surface area contributed by atoms with Crippen LogP contribution in [0.4, 0.5) is 0 Å². The molecule has 3 aliphatic rings. The smallest absolute Gasteiger partial charge is 0.251 e. The number of carbonyl (C=O) groups excluding carboxylic acids is 1. The molecule has 0 aromatic rings. The third kappa shape index (κ3) is 5.35. The number of hydrogen-bond acceptors (Lipinski definition) is 4. The van der Waals surface area contributed by atoms with E-state index in [0.29, 0.717) is 6.04 Å². The lowest BCUT2D eigenvalue weighted by Crippen LogP contribution is -2.55. The van der Waals surface area contributed by atoms with Crippen molar-refractivity contribution in [3.63, 3.8) is 0 Å². The summed E-state index contributed by atoms with van der Waals surface area (Å²) in [5.41, 5.74) is 0. The number of amides is 1. The van der Waals surface area contributed by atoms with E-state index in [9.17, 15) is 4.79 Å². The first kappa shape index (κ1) is 20.4. The topological polar surface area (TPSA) is 60.4 Å². The Bertz CT molecular complexity index is 499. The average molecular weight is 380 g/mol. The monoisotopic (exact) mass is 379 g/mol. The SMILES string of the molecule is CCNC(=NCC1CCCCN1CC)N1CCN(C(=O)C2CCCO2)CC1. The van der Waals surface area contributed by atoms with E-state index in [-0.39, 0.29) is 12.0 Å². The molecule has 0 aromatic heterocycles. The van der Waals surface area contributed by atoms with Gasteiger partial charge in [-0.3, -0.25) is 14.7 Å². The van der Waals surface area contributed by atoms with Crippen LogP contribution in [0.3, 0.4) is 0 Å². The molecule has 3 fully saturated rings. The van der Waals surface area contributed by atoms with Gasteiger partial charge in [-0.05, 0) is 45.7 Å². The second kappa shape index (κ2) is 10.3. The highest BCUT2D eigenvalue weighted by atomic mass is 16.5. The maximum Gasteiger partial charge on any atom is 0.251 e. The number of nitrogens with zero attached hydrogens (tertiary/aromatic N) is 4. The van der Waals surface area contributed by atoms with Crippen molar-refractivity contribution < 1.29 is 9.53 Å². The van der Waals surface area contributed by atoms with E-state index in [1.807, 2.05) is 4.90 Å². The van der Waals surface area contributed by atoms with E-state index in [1.165, 1.54) is 25.8 Å². The van der Waals surface area contributed by atoms with Crippen molar-refractivity contribution in [1.29, 1.82) is 0 Å². The first-order chi connectivity index (χ1) is 13.2. The van der Waals surface area contributed by atoms with E-state index in [2.05, 4.69) is 29.0 Å². The summed E-state index contributed by atoms with van der Waals surface area (Å²) in [5.74, 6) is 1.18. The maximum atomic E-state index is 12.5. The van der Waals surface area contributed by atoms with Crippen LogP contribution >= 0.6 is 0 Å². The summed E-state index contributed by atoms with van der Waals surface area (Å²) >= 11 is 0. The van der Waals surface area contributed by atoms with Crippen LogP contribution in [0.25, 0.3) is 0 Å². The highest BCUT2D eigenvalue weighted by molar-refractivity contribution is 5.82. The zero-order chi connectivity index (χ0) is 19.1. The molecule has 0 saturated carbocycles. The number of guanidine groups is 1. The maximum absolute atomic E-state index is 12.5. The molecule has 3 rings (SSSR count). The number of rotatable bonds is 5. The molecule has 7 nitrogen and oxygen atoms in total. The molecule has 7 heteroatoms. The molecule has 0 aromatic carbocycles. The summed E-state index contributed by atoms with van der Waals surface area (Å²) < 4.78 is 5.56. The molecule has 27 heavy (non-hydrogen) atoms. The minimum atomic E-state index is -0.204. The number of piperazine rings is 1. The van der Waals surface area contributed by atoms with Crippen LogP contribution in [-0.4, -0.2) is 97.7 Å². The molecule has 3 aliphatic heterocycles. The first-order valence-electron chi connectivity index (χ1n) is 10.9. The first-order valence-corrected chi connectivity index (χ1v) is 10.9. The average Bonchev–Trinajstić information content (AvgIpc) is 3.26. The Kier molecular flexibility index (Phi) is 7.76. The molecular weight excluding hydrogens is 342 g/mol. The van der Waals surface area contributed by atoms with E-state index in [1.54, 1.807) is 0 Å². The molecule has 1 amide bonds. The molecule has 0 radical (unpaired) electrons. The zero-order valence-corrected chi connectivity index (χ0v) is 17.2. The van der Waals surface area contributed by atoms with Crippen molar-refractivity contribution >= 4 is 11.9 Å². The Morgan fingerprint density at radius 3 is 2.48 bits per heavy atom. The summed E-state index contributed by atoms with van der Waals surface area (Å²) in [6, 6.07) is 0.569. The molecule has 0 bridgehead atoms. The standard InChI is InChI=1S/C20H37N5O2/c1-3-21-20(22-16-17-8-5-6-10-23(17)4-2)25-13-11-24(12-14-25)19(26)18-9-7-15-27-18/h17-18H,3-16H2,1-2H3,(H,21,22). The van der Waals surface area contributed by atoms with Gasteiger partial charge in [0.1, 0.15) is 6.10 Å². The molecule has 0 spiro atoms. The minimum Gasteiger partial charge on any atom is -0.368 e. The fourth-order valence-corrected chi connectivity index (χ4v) is 4.42. The van der Waals surface area contributed by atoms with Crippen LogP contribution in [0.1, 0.15) is 46.0 Å². The number of carbonyl (C=O) groups is 1. The van der Waals surface area contributed by atoms with E-state index >= 15 is 0 Å². The Morgan fingerprint density at radius 1 is 1.04 bits per heavy atom. The lowest BCUT2D eigenvalue weighted by Gasteiger charge is -2.38. The summed E-state index contributed by atoms with van der Waals surface area (Å²) in [6.07, 6.45) is 5.55. The highest BCUT2D eigenvalue weighted by Crippen LogP contribution is 2.18. The molecule has 154 valence electrons. The molecule has 1 N–H and O–H groups in total. The number of ether oxygens (including phenoxy) is 1. The third-order valence-corrected chi connectivity index (χ3v) is 6.04. The number of nitrogens with one attached hydrogen (secondary N) is 1. The van der Waals surface area contributed by atoms with Crippen molar-refractivity contribution in [3.8, 4) is 0 Å². The predicted molar refractivity (Wildman–Crippen MR) is 108 cm³/mol. The molecule has 3 heterocycles. The Balaban J connectivity index is 1.53. The van der Waals surface area contributed by atoms with Crippen molar-refractivity contribution in [2.24, 2.45) is 4.99 Å². The van der Waals surface area contributed by atoms with Gasteiger partial charge in [-0.2, -0.15) is 0 Å². The van der Waals surface area contributed by atoms with Crippen LogP contribution in [0.15, 0.2) is 4.99 Å². The molecule has 2 atom stereocenters. The van der Waals surface area contributed by atoms with Gasteiger partial charge < -0.3 is 19.9 Å². The van der Waals surface area contributed by atoms with Crippen molar-refractivity contribution in [2.45, 2.75) is 58.1 Å². The summed E-state index contributed by atoms with van der Waals surface area (Å²) in [7, 11) is 0. The zero-order valence-electron chi connectivity index (χ0n) is 17.2.